The summed E-state index contributed by atoms with van der Waals surface area (Å²) in [4.78, 5) is 18.9. The number of fused-ring (bicyclic) bond motifs is 1. The first-order valence-corrected chi connectivity index (χ1v) is 7.35. The fraction of sp³-hybridized carbons (Fsp3) is 0.176. The minimum atomic E-state index is -4.34. The van der Waals surface area contributed by atoms with Gasteiger partial charge in [-0.1, -0.05) is 12.1 Å². The molecule has 25 heavy (non-hydrogen) atoms. The van der Waals surface area contributed by atoms with E-state index in [4.69, 9.17) is 4.74 Å². The standard InChI is InChI=1S/C17H14F3N3O2/c1-25-12-5-2-10(3-6-12)13-8-11-4-7-14(21-9-17(18,19)20)22-15(11)23-16(13)24/h2-8H,9H2,1H3,(H2,21,22,23,24). The molecule has 1 aromatic carbocycles. The van der Waals surface area contributed by atoms with E-state index in [1.54, 1.807) is 43.5 Å². The van der Waals surface area contributed by atoms with E-state index < -0.39 is 12.7 Å². The number of halogens is 3. The van der Waals surface area contributed by atoms with Crippen molar-refractivity contribution in [1.82, 2.24) is 9.97 Å². The minimum absolute atomic E-state index is 0.0395. The van der Waals surface area contributed by atoms with Crippen molar-refractivity contribution in [3.05, 3.63) is 52.8 Å². The van der Waals surface area contributed by atoms with E-state index in [9.17, 15) is 18.0 Å². The smallest absolute Gasteiger partial charge is 0.405 e. The molecule has 8 heteroatoms. The zero-order valence-corrected chi connectivity index (χ0v) is 13.1. The zero-order valence-electron chi connectivity index (χ0n) is 13.1. The fourth-order valence-electron chi connectivity index (χ4n) is 2.36. The van der Waals surface area contributed by atoms with Crippen LogP contribution in [0.15, 0.2) is 47.3 Å². The van der Waals surface area contributed by atoms with E-state index >= 15 is 0 Å². The van der Waals surface area contributed by atoms with Crippen molar-refractivity contribution in [3.63, 3.8) is 0 Å². The monoisotopic (exact) mass is 349 g/mol. The Morgan fingerprint density at radius 1 is 1.16 bits per heavy atom. The maximum Gasteiger partial charge on any atom is 0.405 e. The molecular weight excluding hydrogens is 335 g/mol. The maximum atomic E-state index is 12.3. The van der Waals surface area contributed by atoms with Crippen molar-refractivity contribution in [2.45, 2.75) is 6.18 Å². The van der Waals surface area contributed by atoms with Crippen molar-refractivity contribution in [3.8, 4) is 16.9 Å². The SMILES string of the molecule is COc1ccc(-c2cc3ccc(NCC(F)(F)F)nc3[nH]c2=O)cc1. The summed E-state index contributed by atoms with van der Waals surface area (Å²) in [6, 6.07) is 11.7. The van der Waals surface area contributed by atoms with Crippen LogP contribution in [0.4, 0.5) is 19.0 Å². The molecule has 0 radical (unpaired) electrons. The van der Waals surface area contributed by atoms with Gasteiger partial charge in [-0.3, -0.25) is 4.79 Å². The molecule has 2 aromatic heterocycles. The first kappa shape index (κ1) is 16.8. The summed E-state index contributed by atoms with van der Waals surface area (Å²) in [5.41, 5.74) is 0.976. The van der Waals surface area contributed by atoms with Crippen molar-refractivity contribution in [2.24, 2.45) is 0 Å². The second kappa shape index (κ2) is 6.46. The largest absolute Gasteiger partial charge is 0.497 e. The molecule has 3 aromatic rings. The number of hydrogen-bond acceptors (Lipinski definition) is 4. The summed E-state index contributed by atoms with van der Waals surface area (Å²) in [7, 11) is 1.55. The van der Waals surface area contributed by atoms with Gasteiger partial charge in [0.05, 0.1) is 7.11 Å². The van der Waals surface area contributed by atoms with Gasteiger partial charge in [-0.05, 0) is 35.9 Å². The molecule has 0 bridgehead atoms. The minimum Gasteiger partial charge on any atom is -0.497 e. The molecule has 0 aliphatic carbocycles. The van der Waals surface area contributed by atoms with Crippen LogP contribution in [-0.4, -0.2) is 29.8 Å². The number of alkyl halides is 3. The van der Waals surface area contributed by atoms with Gasteiger partial charge in [-0.25, -0.2) is 4.98 Å². The van der Waals surface area contributed by atoms with Crippen LogP contribution in [0.1, 0.15) is 0 Å². The summed E-state index contributed by atoms with van der Waals surface area (Å²) < 4.78 is 41.9. The predicted molar refractivity (Wildman–Crippen MR) is 88.9 cm³/mol. The van der Waals surface area contributed by atoms with E-state index in [0.717, 1.165) is 0 Å². The third-order valence-corrected chi connectivity index (χ3v) is 3.57. The van der Waals surface area contributed by atoms with Gasteiger partial charge in [0.2, 0.25) is 0 Å². The average molecular weight is 349 g/mol. The molecule has 130 valence electrons. The fourth-order valence-corrected chi connectivity index (χ4v) is 2.36. The predicted octanol–water partition coefficient (Wildman–Crippen LogP) is 3.57. The Hall–Kier alpha value is -3.03. The topological polar surface area (TPSA) is 67.0 Å². The lowest BCUT2D eigenvalue weighted by Crippen LogP contribution is -2.21. The van der Waals surface area contributed by atoms with Gasteiger partial charge in [0.1, 0.15) is 23.8 Å². The number of nitrogens with zero attached hydrogens (tertiary/aromatic N) is 1. The lowest BCUT2D eigenvalue weighted by atomic mass is 10.1. The van der Waals surface area contributed by atoms with Crippen molar-refractivity contribution >= 4 is 16.9 Å². The number of aromatic amines is 1. The summed E-state index contributed by atoms with van der Waals surface area (Å²) in [5, 5.41) is 2.80. The number of aromatic nitrogens is 2. The Kier molecular flexibility index (Phi) is 4.35. The number of benzene rings is 1. The van der Waals surface area contributed by atoms with Crippen molar-refractivity contribution < 1.29 is 17.9 Å². The third-order valence-electron chi connectivity index (χ3n) is 3.57. The molecule has 0 saturated carbocycles. The average Bonchev–Trinajstić information content (AvgIpc) is 2.58. The first-order chi connectivity index (χ1) is 11.9. The molecule has 0 saturated heterocycles. The van der Waals surface area contributed by atoms with Gasteiger partial charge >= 0.3 is 6.18 Å². The number of H-pyrrole nitrogens is 1. The van der Waals surface area contributed by atoms with E-state index in [-0.39, 0.29) is 17.0 Å². The highest BCUT2D eigenvalue weighted by Gasteiger charge is 2.26. The molecule has 2 heterocycles. The molecule has 3 rings (SSSR count). The summed E-state index contributed by atoms with van der Waals surface area (Å²) in [5.74, 6) is 0.709. The second-order valence-electron chi connectivity index (χ2n) is 5.34. The molecule has 5 nitrogen and oxygen atoms in total. The van der Waals surface area contributed by atoms with Crippen LogP contribution in [-0.2, 0) is 0 Å². The number of hydrogen-bond donors (Lipinski definition) is 2. The molecule has 0 atom stereocenters. The van der Waals surface area contributed by atoms with Crippen LogP contribution in [0.3, 0.4) is 0 Å². The van der Waals surface area contributed by atoms with Crippen LogP contribution in [0.2, 0.25) is 0 Å². The number of pyridine rings is 2. The lowest BCUT2D eigenvalue weighted by Gasteiger charge is -2.10. The molecule has 2 N–H and O–H groups in total. The van der Waals surface area contributed by atoms with E-state index in [1.165, 1.54) is 6.07 Å². The molecule has 0 spiro atoms. The summed E-state index contributed by atoms with van der Waals surface area (Å²) in [6.45, 7) is -1.19. The van der Waals surface area contributed by atoms with Gasteiger partial charge in [0.25, 0.3) is 5.56 Å². The zero-order chi connectivity index (χ0) is 18.0. The van der Waals surface area contributed by atoms with Gasteiger partial charge in [0, 0.05) is 10.9 Å². The summed E-state index contributed by atoms with van der Waals surface area (Å²) >= 11 is 0. The highest BCUT2D eigenvalue weighted by Crippen LogP contribution is 2.23. The van der Waals surface area contributed by atoms with Crippen LogP contribution in [0.5, 0.6) is 5.75 Å². The molecule has 0 fully saturated rings. The van der Waals surface area contributed by atoms with Crippen molar-refractivity contribution in [2.75, 3.05) is 19.0 Å². The molecular formula is C17H14F3N3O2. The highest BCUT2D eigenvalue weighted by atomic mass is 19.4. The number of nitrogens with one attached hydrogen (secondary N) is 2. The molecule has 0 aliphatic heterocycles. The Morgan fingerprint density at radius 2 is 1.88 bits per heavy atom. The quantitative estimate of drug-likeness (QED) is 0.756. The van der Waals surface area contributed by atoms with E-state index in [0.29, 0.717) is 22.3 Å². The third kappa shape index (κ3) is 3.90. The van der Waals surface area contributed by atoms with Gasteiger partial charge < -0.3 is 15.0 Å². The Balaban J connectivity index is 1.95. The van der Waals surface area contributed by atoms with Gasteiger partial charge in [-0.15, -0.1) is 0 Å². The van der Waals surface area contributed by atoms with Crippen LogP contribution < -0.4 is 15.6 Å². The Labute approximate surface area is 140 Å². The second-order valence-corrected chi connectivity index (χ2v) is 5.34. The molecule has 0 amide bonds. The van der Waals surface area contributed by atoms with Gasteiger partial charge in [-0.2, -0.15) is 13.2 Å². The van der Waals surface area contributed by atoms with Crippen LogP contribution >= 0.6 is 0 Å². The number of ether oxygens (including phenoxy) is 1. The van der Waals surface area contributed by atoms with Crippen LogP contribution in [0.25, 0.3) is 22.2 Å². The molecule has 0 aliphatic rings. The van der Waals surface area contributed by atoms with Gasteiger partial charge in [0.15, 0.2) is 0 Å². The normalized spacial score (nSPS) is 11.5. The van der Waals surface area contributed by atoms with E-state index in [1.807, 2.05) is 0 Å². The van der Waals surface area contributed by atoms with Crippen molar-refractivity contribution in [1.29, 1.82) is 0 Å². The molecule has 0 unspecified atom stereocenters. The summed E-state index contributed by atoms with van der Waals surface area (Å²) in [6.07, 6.45) is -4.34. The van der Waals surface area contributed by atoms with Crippen LogP contribution in [0, 0.1) is 0 Å². The number of rotatable bonds is 4. The first-order valence-electron chi connectivity index (χ1n) is 7.35. The lowest BCUT2D eigenvalue weighted by molar-refractivity contribution is -0.115. The number of anilines is 1. The maximum absolute atomic E-state index is 12.3. The highest BCUT2D eigenvalue weighted by molar-refractivity contribution is 5.82. The Bertz CT molecular complexity index is 950. The van der Waals surface area contributed by atoms with E-state index in [2.05, 4.69) is 15.3 Å². The Morgan fingerprint density at radius 3 is 2.52 bits per heavy atom. The number of methoxy groups -OCH3 is 1.